The van der Waals surface area contributed by atoms with Crippen LogP contribution in [0.3, 0.4) is 0 Å². The maximum Gasteiger partial charge on any atom is 0.330 e. The van der Waals surface area contributed by atoms with E-state index >= 15 is 0 Å². The van der Waals surface area contributed by atoms with Gasteiger partial charge in [0.1, 0.15) is 12.2 Å². The molecule has 0 amide bonds. The molecule has 0 N–H and O–H groups in total. The van der Waals surface area contributed by atoms with E-state index in [2.05, 4.69) is 13.2 Å². The molecular weight excluding hydrogens is 208 g/mol. The fourth-order valence-electron chi connectivity index (χ4n) is 0.856. The Morgan fingerprint density at radius 1 is 1.19 bits per heavy atom. The molecule has 0 unspecified atom stereocenters. The number of hydrogen-bond donors (Lipinski definition) is 0. The second-order valence-corrected chi connectivity index (χ2v) is 3.47. The summed E-state index contributed by atoms with van der Waals surface area (Å²) < 4.78 is 9.73. The molecule has 0 spiro atoms. The van der Waals surface area contributed by atoms with Crippen LogP contribution in [0.5, 0.6) is 0 Å². The number of ether oxygens (including phenoxy) is 2. The monoisotopic (exact) mass is 224 g/mol. The van der Waals surface area contributed by atoms with E-state index in [1.54, 1.807) is 26.0 Å². The quantitative estimate of drug-likeness (QED) is 0.392. The maximum atomic E-state index is 10.9. The highest BCUT2D eigenvalue weighted by Crippen LogP contribution is 2.11. The Hall–Kier alpha value is -1.84. The van der Waals surface area contributed by atoms with Gasteiger partial charge >= 0.3 is 11.9 Å². The van der Waals surface area contributed by atoms with Gasteiger partial charge in [-0.2, -0.15) is 0 Å². The molecule has 4 nitrogen and oxygen atoms in total. The van der Waals surface area contributed by atoms with Crippen LogP contribution in [0, 0.1) is 0 Å². The van der Waals surface area contributed by atoms with Gasteiger partial charge in [0.25, 0.3) is 0 Å². The van der Waals surface area contributed by atoms with Crippen molar-refractivity contribution in [1.82, 2.24) is 0 Å². The van der Waals surface area contributed by atoms with E-state index in [1.807, 2.05) is 0 Å². The number of carbonyl (C=O) groups is 2. The fraction of sp³-hybridized carbons (Fsp3) is 0.333. The second-order valence-electron chi connectivity index (χ2n) is 3.47. The van der Waals surface area contributed by atoms with Gasteiger partial charge in [-0.05, 0) is 26.0 Å². The highest BCUT2D eigenvalue weighted by molar-refractivity contribution is 5.82. The Balaban J connectivity index is 4.09. The Kier molecular flexibility index (Phi) is 5.85. The summed E-state index contributed by atoms with van der Waals surface area (Å²) in [4.78, 5) is 21.6. The van der Waals surface area contributed by atoms with Gasteiger partial charge in [-0.25, -0.2) is 9.59 Å². The molecule has 0 aliphatic carbocycles. The summed E-state index contributed by atoms with van der Waals surface area (Å²) in [6.07, 6.45) is 5.40. The van der Waals surface area contributed by atoms with E-state index in [0.717, 1.165) is 12.2 Å². The lowest BCUT2D eigenvalue weighted by molar-refractivity contribution is -0.146. The average molecular weight is 224 g/mol. The summed E-state index contributed by atoms with van der Waals surface area (Å²) in [7, 11) is 0. The second kappa shape index (κ2) is 6.61. The van der Waals surface area contributed by atoms with Crippen LogP contribution in [0.15, 0.2) is 37.5 Å². The van der Waals surface area contributed by atoms with E-state index in [-0.39, 0.29) is 6.61 Å². The van der Waals surface area contributed by atoms with Crippen molar-refractivity contribution in [2.24, 2.45) is 0 Å². The van der Waals surface area contributed by atoms with Crippen molar-refractivity contribution in [3.8, 4) is 0 Å². The standard InChI is InChI=1S/C12H16O4/c1-5-10(13)15-9-7-8-12(3,4)16-11(14)6-2/h5-8H,1-2,9H2,3-4H3/b8-7-. The number of hydrogen-bond acceptors (Lipinski definition) is 4. The van der Waals surface area contributed by atoms with Gasteiger partial charge in [-0.1, -0.05) is 13.2 Å². The maximum absolute atomic E-state index is 10.9. The molecule has 0 aliphatic rings. The molecule has 0 aromatic heterocycles. The molecule has 16 heavy (non-hydrogen) atoms. The van der Waals surface area contributed by atoms with Crippen molar-refractivity contribution in [1.29, 1.82) is 0 Å². The Bertz CT molecular complexity index is 313. The first kappa shape index (κ1) is 14.2. The van der Waals surface area contributed by atoms with Gasteiger partial charge in [0.2, 0.25) is 0 Å². The Morgan fingerprint density at radius 3 is 2.25 bits per heavy atom. The largest absolute Gasteiger partial charge is 0.458 e. The topological polar surface area (TPSA) is 52.6 Å². The molecule has 0 aliphatic heterocycles. The predicted molar refractivity (Wildman–Crippen MR) is 60.7 cm³/mol. The van der Waals surface area contributed by atoms with Gasteiger partial charge in [-0.3, -0.25) is 0 Å². The highest BCUT2D eigenvalue weighted by atomic mass is 16.6. The molecule has 0 aromatic carbocycles. The molecule has 0 fully saturated rings. The molecule has 0 saturated carbocycles. The first-order valence-electron chi connectivity index (χ1n) is 4.73. The summed E-state index contributed by atoms with van der Waals surface area (Å²) in [5.41, 5.74) is -0.758. The van der Waals surface area contributed by atoms with Gasteiger partial charge in [-0.15, -0.1) is 0 Å². The zero-order valence-corrected chi connectivity index (χ0v) is 9.56. The number of rotatable bonds is 6. The molecule has 88 valence electrons. The first-order chi connectivity index (χ1) is 7.41. The lowest BCUT2D eigenvalue weighted by Gasteiger charge is -2.19. The van der Waals surface area contributed by atoms with Gasteiger partial charge in [0.15, 0.2) is 0 Å². The molecule has 4 heteroatoms. The minimum absolute atomic E-state index is 0.111. The molecule has 0 aromatic rings. The first-order valence-corrected chi connectivity index (χ1v) is 4.73. The SMILES string of the molecule is C=CC(=O)OC/C=C\C(C)(C)OC(=O)C=C. The average Bonchev–Trinajstić information content (AvgIpc) is 2.23. The minimum Gasteiger partial charge on any atom is -0.458 e. The van der Waals surface area contributed by atoms with E-state index in [4.69, 9.17) is 9.47 Å². The van der Waals surface area contributed by atoms with Crippen LogP contribution in [-0.4, -0.2) is 24.1 Å². The molecule has 0 rings (SSSR count). The van der Waals surface area contributed by atoms with Crippen molar-refractivity contribution in [3.63, 3.8) is 0 Å². The van der Waals surface area contributed by atoms with E-state index in [9.17, 15) is 9.59 Å². The molecule has 0 heterocycles. The van der Waals surface area contributed by atoms with Crippen LogP contribution >= 0.6 is 0 Å². The number of carbonyl (C=O) groups excluding carboxylic acids is 2. The Labute approximate surface area is 95.2 Å². The molecule has 0 atom stereocenters. The molecular formula is C12H16O4. The van der Waals surface area contributed by atoms with Crippen LogP contribution in [0.25, 0.3) is 0 Å². The summed E-state index contributed by atoms with van der Waals surface area (Å²) in [5.74, 6) is -0.997. The van der Waals surface area contributed by atoms with Crippen molar-refractivity contribution in [3.05, 3.63) is 37.5 Å². The third-order valence-electron chi connectivity index (χ3n) is 1.54. The van der Waals surface area contributed by atoms with Crippen LogP contribution in [0.2, 0.25) is 0 Å². The van der Waals surface area contributed by atoms with Crippen LogP contribution in [0.1, 0.15) is 13.8 Å². The zero-order valence-electron chi connectivity index (χ0n) is 9.56. The van der Waals surface area contributed by atoms with Crippen molar-refractivity contribution < 1.29 is 19.1 Å². The van der Waals surface area contributed by atoms with E-state index in [1.165, 1.54) is 0 Å². The molecule has 0 bridgehead atoms. The lowest BCUT2D eigenvalue weighted by Crippen LogP contribution is -2.24. The van der Waals surface area contributed by atoms with Crippen LogP contribution in [-0.2, 0) is 19.1 Å². The lowest BCUT2D eigenvalue weighted by atomic mass is 10.1. The third-order valence-corrected chi connectivity index (χ3v) is 1.54. The summed E-state index contributed by atoms with van der Waals surface area (Å²) in [6, 6.07) is 0. The van der Waals surface area contributed by atoms with Crippen molar-refractivity contribution >= 4 is 11.9 Å². The summed E-state index contributed by atoms with van der Waals surface area (Å²) in [6.45, 7) is 10.1. The highest BCUT2D eigenvalue weighted by Gasteiger charge is 2.17. The van der Waals surface area contributed by atoms with Gasteiger partial charge in [0, 0.05) is 12.2 Å². The van der Waals surface area contributed by atoms with Crippen LogP contribution in [0.4, 0.5) is 0 Å². The summed E-state index contributed by atoms with van der Waals surface area (Å²) >= 11 is 0. The van der Waals surface area contributed by atoms with E-state index in [0.29, 0.717) is 0 Å². The Morgan fingerprint density at radius 2 is 1.75 bits per heavy atom. The number of esters is 2. The minimum atomic E-state index is -0.758. The third kappa shape index (κ3) is 6.59. The smallest absolute Gasteiger partial charge is 0.330 e. The van der Waals surface area contributed by atoms with Crippen LogP contribution < -0.4 is 0 Å². The fourth-order valence-corrected chi connectivity index (χ4v) is 0.856. The van der Waals surface area contributed by atoms with E-state index < -0.39 is 17.5 Å². The summed E-state index contributed by atoms with van der Waals surface area (Å²) in [5, 5.41) is 0. The van der Waals surface area contributed by atoms with Gasteiger partial charge in [0.05, 0.1) is 0 Å². The molecule has 0 saturated heterocycles. The van der Waals surface area contributed by atoms with Crippen molar-refractivity contribution in [2.75, 3.05) is 6.61 Å². The van der Waals surface area contributed by atoms with Gasteiger partial charge < -0.3 is 9.47 Å². The predicted octanol–water partition coefficient (Wildman–Crippen LogP) is 1.78. The zero-order chi connectivity index (χ0) is 12.6. The van der Waals surface area contributed by atoms with Crippen molar-refractivity contribution in [2.45, 2.75) is 19.4 Å². The molecule has 0 radical (unpaired) electrons. The normalized spacial score (nSPS) is 10.9.